The molecule has 1 fully saturated rings. The zero-order chi connectivity index (χ0) is 23.8. The number of hydrogen-bond acceptors (Lipinski definition) is 6. The molecule has 4 rings (SSSR count). The maximum absolute atomic E-state index is 13.3. The minimum absolute atomic E-state index is 0.141. The van der Waals surface area contributed by atoms with E-state index in [9.17, 15) is 18.0 Å². The number of thiophene rings is 1. The van der Waals surface area contributed by atoms with Crippen molar-refractivity contribution in [1.29, 1.82) is 0 Å². The largest absolute Gasteiger partial charge is 0.325 e. The molecule has 1 amide bonds. The lowest BCUT2D eigenvalue weighted by Gasteiger charge is -2.31. The second kappa shape index (κ2) is 9.20. The smallest absolute Gasteiger partial charge is 0.264 e. The van der Waals surface area contributed by atoms with Crippen LogP contribution in [0.3, 0.4) is 0 Å². The van der Waals surface area contributed by atoms with Gasteiger partial charge in [0.15, 0.2) is 0 Å². The number of nitrogens with one attached hydrogen (secondary N) is 2. The Kier molecular flexibility index (Phi) is 6.51. The molecule has 8 nitrogen and oxygen atoms in total. The SMILES string of the molecule is Cc1cc(C)c(NC(=O)[C@@H]2CCCN(S(=O)(=O)c3ccc(-c4ccc(=O)[nH]n4)s3)C2)c(C)c1. The van der Waals surface area contributed by atoms with Crippen LogP contribution in [0.4, 0.5) is 5.69 Å². The van der Waals surface area contributed by atoms with Crippen molar-refractivity contribution in [3.8, 4) is 10.6 Å². The molecule has 1 aliphatic rings. The van der Waals surface area contributed by atoms with Gasteiger partial charge in [-0.3, -0.25) is 9.59 Å². The van der Waals surface area contributed by atoms with E-state index in [1.165, 1.54) is 10.4 Å². The molecule has 10 heteroatoms. The fraction of sp³-hybridized carbons (Fsp3) is 0.348. The predicted octanol–water partition coefficient (Wildman–Crippen LogP) is 3.46. The minimum atomic E-state index is -3.75. The van der Waals surface area contributed by atoms with Gasteiger partial charge in [-0.15, -0.1) is 11.3 Å². The average Bonchev–Trinajstić information content (AvgIpc) is 3.28. The quantitative estimate of drug-likeness (QED) is 0.574. The van der Waals surface area contributed by atoms with E-state index in [2.05, 4.69) is 15.5 Å². The van der Waals surface area contributed by atoms with E-state index in [0.717, 1.165) is 33.7 Å². The van der Waals surface area contributed by atoms with Crippen molar-refractivity contribution in [1.82, 2.24) is 14.5 Å². The van der Waals surface area contributed by atoms with E-state index in [4.69, 9.17) is 0 Å². The van der Waals surface area contributed by atoms with Gasteiger partial charge >= 0.3 is 0 Å². The molecule has 33 heavy (non-hydrogen) atoms. The van der Waals surface area contributed by atoms with Gasteiger partial charge in [0.1, 0.15) is 9.90 Å². The number of aryl methyl sites for hydroxylation is 3. The number of aromatic amines is 1. The van der Waals surface area contributed by atoms with E-state index in [1.54, 1.807) is 18.2 Å². The maximum Gasteiger partial charge on any atom is 0.264 e. The molecule has 0 radical (unpaired) electrons. The van der Waals surface area contributed by atoms with Gasteiger partial charge in [-0.1, -0.05) is 17.7 Å². The van der Waals surface area contributed by atoms with Crippen molar-refractivity contribution in [2.45, 2.75) is 37.8 Å². The van der Waals surface area contributed by atoms with Crippen LogP contribution in [-0.4, -0.2) is 41.9 Å². The van der Waals surface area contributed by atoms with Crippen molar-refractivity contribution in [2.75, 3.05) is 18.4 Å². The van der Waals surface area contributed by atoms with Crippen LogP contribution in [0.2, 0.25) is 0 Å². The first kappa shape index (κ1) is 23.3. The third-order valence-corrected chi connectivity index (χ3v) is 9.23. The highest BCUT2D eigenvalue weighted by Crippen LogP contribution is 2.33. The minimum Gasteiger partial charge on any atom is -0.325 e. The summed E-state index contributed by atoms with van der Waals surface area (Å²) in [4.78, 5) is 24.9. The normalized spacial score (nSPS) is 17.1. The molecule has 174 valence electrons. The Morgan fingerprint density at radius 1 is 1.15 bits per heavy atom. The Morgan fingerprint density at radius 2 is 1.88 bits per heavy atom. The van der Waals surface area contributed by atoms with Crippen LogP contribution in [0, 0.1) is 26.7 Å². The van der Waals surface area contributed by atoms with Crippen molar-refractivity contribution < 1.29 is 13.2 Å². The van der Waals surface area contributed by atoms with Crippen LogP contribution in [0.15, 0.2) is 45.4 Å². The van der Waals surface area contributed by atoms with Crippen LogP contribution in [0.25, 0.3) is 10.6 Å². The number of piperidine rings is 1. The zero-order valence-electron chi connectivity index (χ0n) is 18.7. The zero-order valence-corrected chi connectivity index (χ0v) is 20.3. The summed E-state index contributed by atoms with van der Waals surface area (Å²) in [6.45, 7) is 6.44. The maximum atomic E-state index is 13.3. The summed E-state index contributed by atoms with van der Waals surface area (Å²) in [5.41, 5.74) is 4.08. The number of benzene rings is 1. The summed E-state index contributed by atoms with van der Waals surface area (Å²) in [6.07, 6.45) is 1.25. The van der Waals surface area contributed by atoms with Crippen LogP contribution in [0.5, 0.6) is 0 Å². The van der Waals surface area contributed by atoms with Crippen molar-refractivity contribution in [3.05, 3.63) is 63.4 Å². The molecule has 2 aromatic heterocycles. The highest BCUT2D eigenvalue weighted by atomic mass is 32.2. The van der Waals surface area contributed by atoms with E-state index < -0.39 is 15.9 Å². The molecular weight excluding hydrogens is 460 g/mol. The van der Waals surface area contributed by atoms with Gasteiger partial charge in [0.25, 0.3) is 15.6 Å². The topological polar surface area (TPSA) is 112 Å². The van der Waals surface area contributed by atoms with Gasteiger partial charge in [-0.2, -0.15) is 9.40 Å². The Bertz CT molecular complexity index is 1320. The molecule has 3 aromatic rings. The first-order chi connectivity index (χ1) is 15.6. The molecule has 1 saturated heterocycles. The average molecular weight is 487 g/mol. The number of aromatic nitrogens is 2. The highest BCUT2D eigenvalue weighted by molar-refractivity contribution is 7.91. The number of sulfonamides is 1. The fourth-order valence-corrected chi connectivity index (χ4v) is 7.14. The van der Waals surface area contributed by atoms with Crippen molar-refractivity contribution in [3.63, 3.8) is 0 Å². The van der Waals surface area contributed by atoms with E-state index in [1.807, 2.05) is 32.9 Å². The van der Waals surface area contributed by atoms with E-state index in [0.29, 0.717) is 30.0 Å². The molecule has 1 aromatic carbocycles. The molecule has 0 spiro atoms. The first-order valence-corrected chi connectivity index (χ1v) is 13.0. The predicted molar refractivity (Wildman–Crippen MR) is 129 cm³/mol. The molecule has 0 unspecified atom stereocenters. The van der Waals surface area contributed by atoms with Gasteiger partial charge in [-0.25, -0.2) is 13.5 Å². The molecule has 0 saturated carbocycles. The Balaban J connectivity index is 1.50. The lowest BCUT2D eigenvalue weighted by Crippen LogP contribution is -2.43. The van der Waals surface area contributed by atoms with Crippen LogP contribution >= 0.6 is 11.3 Å². The fourth-order valence-electron chi connectivity index (χ4n) is 4.18. The molecule has 0 aliphatic carbocycles. The second-order valence-corrected chi connectivity index (χ2v) is 11.6. The third kappa shape index (κ3) is 4.92. The van der Waals surface area contributed by atoms with Crippen molar-refractivity contribution >= 4 is 33.0 Å². The Hall–Kier alpha value is -2.82. The van der Waals surface area contributed by atoms with Gasteiger partial charge < -0.3 is 5.32 Å². The van der Waals surface area contributed by atoms with Crippen LogP contribution in [-0.2, 0) is 14.8 Å². The molecule has 1 atom stereocenters. The number of carbonyl (C=O) groups excluding carboxylic acids is 1. The summed E-state index contributed by atoms with van der Waals surface area (Å²) >= 11 is 1.10. The lowest BCUT2D eigenvalue weighted by atomic mass is 9.98. The number of nitrogens with zero attached hydrogens (tertiary/aromatic N) is 2. The third-order valence-electron chi connectivity index (χ3n) is 5.79. The monoisotopic (exact) mass is 486 g/mol. The standard InChI is InChI=1S/C23H26N4O4S2/c1-14-11-15(2)22(16(3)12-14)24-23(29)17-5-4-10-27(13-17)33(30,31)21-9-7-19(32-21)18-6-8-20(28)26-25-18/h6-9,11-12,17H,4-5,10,13H2,1-3H3,(H,24,29)(H,26,28)/t17-/m1/s1. The molecule has 2 N–H and O–H groups in total. The van der Waals surface area contributed by atoms with Crippen LogP contribution < -0.4 is 10.9 Å². The molecule has 3 heterocycles. The van der Waals surface area contributed by atoms with Crippen molar-refractivity contribution in [2.24, 2.45) is 5.92 Å². The number of anilines is 1. The van der Waals surface area contributed by atoms with Crippen LogP contribution in [0.1, 0.15) is 29.5 Å². The molecular formula is C23H26N4O4S2. The molecule has 1 aliphatic heterocycles. The van der Waals surface area contributed by atoms with Gasteiger partial charge in [0, 0.05) is 24.8 Å². The summed E-state index contributed by atoms with van der Waals surface area (Å²) in [5.74, 6) is -0.580. The van der Waals surface area contributed by atoms with E-state index >= 15 is 0 Å². The van der Waals surface area contributed by atoms with Gasteiger partial charge in [0.2, 0.25) is 5.91 Å². The van der Waals surface area contributed by atoms with E-state index in [-0.39, 0.29) is 22.2 Å². The molecule has 0 bridgehead atoms. The Labute approximate surface area is 196 Å². The Morgan fingerprint density at radius 3 is 2.55 bits per heavy atom. The lowest BCUT2D eigenvalue weighted by molar-refractivity contribution is -0.120. The number of amides is 1. The number of H-pyrrole nitrogens is 1. The first-order valence-electron chi connectivity index (χ1n) is 10.7. The highest BCUT2D eigenvalue weighted by Gasteiger charge is 2.34. The second-order valence-electron chi connectivity index (χ2n) is 8.39. The number of rotatable bonds is 5. The number of hydrogen-bond donors (Lipinski definition) is 2. The summed E-state index contributed by atoms with van der Waals surface area (Å²) in [7, 11) is -3.75. The summed E-state index contributed by atoms with van der Waals surface area (Å²) in [6, 6.07) is 10.2. The summed E-state index contributed by atoms with van der Waals surface area (Å²) < 4.78 is 28.2. The van der Waals surface area contributed by atoms with Gasteiger partial charge in [-0.05, 0) is 62.9 Å². The summed E-state index contributed by atoms with van der Waals surface area (Å²) in [5, 5.41) is 9.34. The van der Waals surface area contributed by atoms with Gasteiger partial charge in [0.05, 0.1) is 10.8 Å². The number of carbonyl (C=O) groups is 1.